The Morgan fingerprint density at radius 1 is 0.933 bits per heavy atom. The van der Waals surface area contributed by atoms with Gasteiger partial charge in [0.15, 0.2) is 0 Å². The van der Waals surface area contributed by atoms with Crippen LogP contribution in [0.15, 0.2) is 51.6 Å². The van der Waals surface area contributed by atoms with Crippen molar-refractivity contribution >= 4 is 23.1 Å². The van der Waals surface area contributed by atoms with Gasteiger partial charge in [0.1, 0.15) is 0 Å². The maximum Gasteiger partial charge on any atom is 0.0649 e. The molecule has 0 fully saturated rings. The quantitative estimate of drug-likeness (QED) is 0.687. The van der Waals surface area contributed by atoms with Crippen LogP contribution in [0, 0.1) is 6.92 Å². The second-order valence-electron chi connectivity index (χ2n) is 2.78. The van der Waals surface area contributed by atoms with Crippen molar-refractivity contribution in [3.8, 4) is 0 Å². The van der Waals surface area contributed by atoms with Crippen LogP contribution in [-0.4, -0.2) is 0 Å². The summed E-state index contributed by atoms with van der Waals surface area (Å²) in [6.07, 6.45) is 0. The molecule has 0 N–H and O–H groups in total. The van der Waals surface area contributed by atoms with E-state index < -0.39 is 0 Å². The third kappa shape index (κ3) is 4.10. The molecule has 0 aliphatic heterocycles. The molecule has 0 nitrogen and oxygen atoms in total. The summed E-state index contributed by atoms with van der Waals surface area (Å²) >= 11 is 3.67. The summed E-state index contributed by atoms with van der Waals surface area (Å²) in [5, 5.41) is 0. The van der Waals surface area contributed by atoms with Crippen molar-refractivity contribution in [1.29, 1.82) is 0 Å². The van der Waals surface area contributed by atoms with Crippen LogP contribution < -0.4 is 0 Å². The fraction of sp³-hybridized carbons (Fsp3) is 0.231. The molecule has 0 aliphatic rings. The zero-order valence-electron chi connectivity index (χ0n) is 9.36. The molecule has 0 amide bonds. The summed E-state index contributed by atoms with van der Waals surface area (Å²) in [5.74, 6) is 0. The van der Waals surface area contributed by atoms with Crippen molar-refractivity contribution < 1.29 is 0 Å². The highest BCUT2D eigenvalue weighted by Gasteiger charge is 1.98. The van der Waals surface area contributed by atoms with E-state index in [4.69, 9.17) is 0 Å². The summed E-state index contributed by atoms with van der Waals surface area (Å²) < 4.78 is 1.36. The van der Waals surface area contributed by atoms with Gasteiger partial charge in [-0.2, -0.15) is 0 Å². The Kier molecular flexibility index (Phi) is 5.51. The Balaban J connectivity index is 0.000000531. The highest BCUT2D eigenvalue weighted by atomic mass is 32.2. The number of benzene rings is 1. The lowest BCUT2D eigenvalue weighted by molar-refractivity contribution is 1.46. The van der Waals surface area contributed by atoms with Crippen LogP contribution in [0.25, 0.3) is 0 Å². The minimum Gasteiger partial charge on any atom is -0.134 e. The summed E-state index contributed by atoms with van der Waals surface area (Å²) in [6, 6.07) is 14.8. The van der Waals surface area contributed by atoms with Crippen LogP contribution in [-0.2, 0) is 0 Å². The van der Waals surface area contributed by atoms with Gasteiger partial charge in [0.2, 0.25) is 0 Å². The lowest BCUT2D eigenvalue weighted by Crippen LogP contribution is -1.65. The number of rotatable bonds is 2. The molecule has 0 spiro atoms. The van der Waals surface area contributed by atoms with Crippen molar-refractivity contribution in [2.75, 3.05) is 0 Å². The topological polar surface area (TPSA) is 0 Å². The van der Waals surface area contributed by atoms with E-state index in [1.165, 1.54) is 14.0 Å². The van der Waals surface area contributed by atoms with Crippen LogP contribution in [0.4, 0.5) is 0 Å². The highest BCUT2D eigenvalue weighted by Crippen LogP contribution is 2.32. The van der Waals surface area contributed by atoms with Crippen LogP contribution >= 0.6 is 23.1 Å². The van der Waals surface area contributed by atoms with Gasteiger partial charge < -0.3 is 0 Å². The van der Waals surface area contributed by atoms with Crippen molar-refractivity contribution in [2.24, 2.45) is 0 Å². The van der Waals surface area contributed by atoms with E-state index in [-0.39, 0.29) is 0 Å². The summed E-state index contributed by atoms with van der Waals surface area (Å²) in [6.45, 7) is 6.14. The molecule has 0 aliphatic carbocycles. The van der Waals surface area contributed by atoms with E-state index in [0.717, 1.165) is 0 Å². The Labute approximate surface area is 100 Å². The molecule has 2 heteroatoms. The fourth-order valence-electron chi connectivity index (χ4n) is 1.07. The third-order valence-electron chi connectivity index (χ3n) is 1.68. The Bertz CT molecular complexity index is 376. The van der Waals surface area contributed by atoms with Crippen molar-refractivity contribution in [3.63, 3.8) is 0 Å². The van der Waals surface area contributed by atoms with E-state index in [0.29, 0.717) is 0 Å². The molecule has 0 unspecified atom stereocenters. The second kappa shape index (κ2) is 6.70. The zero-order chi connectivity index (χ0) is 11.1. The monoisotopic (exact) mass is 236 g/mol. The molecule has 1 aromatic carbocycles. The number of thiophene rings is 1. The maximum atomic E-state index is 2.18. The molecule has 0 saturated carbocycles. The molecule has 2 rings (SSSR count). The minimum atomic E-state index is 1.31. The molecule has 80 valence electrons. The third-order valence-corrected chi connectivity index (χ3v) is 3.82. The lowest BCUT2D eigenvalue weighted by atomic mass is 10.4. The van der Waals surface area contributed by atoms with Crippen molar-refractivity contribution in [2.45, 2.75) is 29.9 Å². The van der Waals surface area contributed by atoms with E-state index in [9.17, 15) is 0 Å². The van der Waals surface area contributed by atoms with Gasteiger partial charge in [-0.25, -0.2) is 0 Å². The summed E-state index contributed by atoms with van der Waals surface area (Å²) in [4.78, 5) is 2.68. The van der Waals surface area contributed by atoms with E-state index in [1.807, 2.05) is 43.0 Å². The van der Waals surface area contributed by atoms with Gasteiger partial charge in [-0.1, -0.05) is 43.8 Å². The van der Waals surface area contributed by atoms with Crippen LogP contribution in [0.3, 0.4) is 0 Å². The number of aryl methyl sites for hydroxylation is 1. The minimum absolute atomic E-state index is 1.31. The van der Waals surface area contributed by atoms with E-state index in [1.54, 1.807) is 0 Å². The van der Waals surface area contributed by atoms with Gasteiger partial charge in [-0.05, 0) is 31.2 Å². The first-order valence-electron chi connectivity index (χ1n) is 5.14. The van der Waals surface area contributed by atoms with Gasteiger partial charge in [0.25, 0.3) is 0 Å². The van der Waals surface area contributed by atoms with Crippen molar-refractivity contribution in [3.05, 3.63) is 47.3 Å². The average molecular weight is 236 g/mol. The highest BCUT2D eigenvalue weighted by molar-refractivity contribution is 8.01. The summed E-state index contributed by atoms with van der Waals surface area (Å²) in [5.41, 5.74) is 0. The van der Waals surface area contributed by atoms with Crippen LogP contribution in [0.2, 0.25) is 0 Å². The molecule has 15 heavy (non-hydrogen) atoms. The van der Waals surface area contributed by atoms with Gasteiger partial charge in [-0.15, -0.1) is 11.3 Å². The Morgan fingerprint density at radius 2 is 1.60 bits per heavy atom. The molecular formula is C13H16S2. The Hall–Kier alpha value is -0.730. The molecule has 1 heterocycles. The van der Waals surface area contributed by atoms with E-state index >= 15 is 0 Å². The van der Waals surface area contributed by atoms with Gasteiger partial charge in [0.05, 0.1) is 4.21 Å². The fourth-order valence-corrected chi connectivity index (χ4v) is 3.17. The van der Waals surface area contributed by atoms with Gasteiger partial charge in [-0.3, -0.25) is 0 Å². The molecule has 1 aromatic heterocycles. The van der Waals surface area contributed by atoms with Crippen LogP contribution in [0.5, 0.6) is 0 Å². The molecule has 0 radical (unpaired) electrons. The Morgan fingerprint density at radius 3 is 2.13 bits per heavy atom. The molecule has 0 saturated heterocycles. The number of hydrogen-bond donors (Lipinski definition) is 0. The SMILES string of the molecule is CC.Cc1ccc(Sc2ccccc2)s1. The number of hydrogen-bond acceptors (Lipinski definition) is 2. The first kappa shape index (κ1) is 12.3. The predicted octanol–water partition coefficient (Wildman–Crippen LogP) is 5.23. The average Bonchev–Trinajstić information content (AvgIpc) is 2.68. The normalized spacial score (nSPS) is 9.27. The molecule has 0 bridgehead atoms. The lowest BCUT2D eigenvalue weighted by Gasteiger charge is -1.95. The predicted molar refractivity (Wildman–Crippen MR) is 71.0 cm³/mol. The first-order valence-corrected chi connectivity index (χ1v) is 6.77. The summed E-state index contributed by atoms with van der Waals surface area (Å²) in [7, 11) is 0. The smallest absolute Gasteiger partial charge is 0.0649 e. The molecule has 2 aromatic rings. The standard InChI is InChI=1S/C11H10S2.C2H6/c1-9-7-8-11(12-9)13-10-5-3-2-4-6-10;1-2/h2-8H,1H3;1-2H3. The second-order valence-corrected chi connectivity index (χ2v) is 5.44. The zero-order valence-corrected chi connectivity index (χ0v) is 11.0. The van der Waals surface area contributed by atoms with Crippen molar-refractivity contribution in [1.82, 2.24) is 0 Å². The first-order chi connectivity index (χ1) is 7.34. The van der Waals surface area contributed by atoms with E-state index in [2.05, 4.69) is 43.3 Å². The van der Waals surface area contributed by atoms with Crippen LogP contribution in [0.1, 0.15) is 18.7 Å². The molecular weight excluding hydrogens is 220 g/mol. The molecule has 0 atom stereocenters. The maximum absolute atomic E-state index is 2.18. The van der Waals surface area contributed by atoms with Gasteiger partial charge in [0, 0.05) is 9.77 Å². The van der Waals surface area contributed by atoms with Gasteiger partial charge >= 0.3 is 0 Å². The largest absolute Gasteiger partial charge is 0.134 e.